The van der Waals surface area contributed by atoms with Gasteiger partial charge in [0, 0.05) is 13.6 Å². The first-order chi connectivity index (χ1) is 2.77. The molecule has 0 aliphatic rings. The van der Waals surface area contributed by atoms with E-state index in [4.69, 9.17) is 5.84 Å². The van der Waals surface area contributed by atoms with Crippen molar-refractivity contribution < 1.29 is 0 Å². The highest BCUT2D eigenvalue weighted by Gasteiger charge is 1.79. The minimum atomic E-state index is 0. The van der Waals surface area contributed by atoms with Gasteiger partial charge in [0.2, 0.25) is 0 Å². The molecule has 0 saturated carbocycles. The van der Waals surface area contributed by atoms with Gasteiger partial charge in [0.1, 0.15) is 0 Å². The predicted molar refractivity (Wildman–Crippen MR) is 34.4 cm³/mol. The first kappa shape index (κ1) is 10.2. The maximum atomic E-state index is 5.24. The molecule has 0 bridgehead atoms. The minimum absolute atomic E-state index is 0. The lowest BCUT2D eigenvalue weighted by Crippen LogP contribution is -2.26. The van der Waals surface area contributed by atoms with E-state index in [1.54, 1.807) is 5.01 Å². The van der Waals surface area contributed by atoms with Crippen LogP contribution in [0.5, 0.6) is 0 Å². The zero-order valence-electron chi connectivity index (χ0n) is 4.85. The summed E-state index contributed by atoms with van der Waals surface area (Å²) in [6, 6.07) is 0. The van der Waals surface area contributed by atoms with Gasteiger partial charge in [0.15, 0.2) is 0 Å². The van der Waals surface area contributed by atoms with Crippen LogP contribution in [0.25, 0.3) is 0 Å². The van der Waals surface area contributed by atoms with Gasteiger partial charge >= 0.3 is 0 Å². The highest BCUT2D eigenvalue weighted by atomic mass is 35.5. The van der Waals surface area contributed by atoms with Crippen LogP contribution >= 0.6 is 12.4 Å². The normalized spacial score (nSPS) is 8.57. The number of hydrazine groups is 1. The topological polar surface area (TPSA) is 29.3 Å². The molecule has 0 aliphatic carbocycles. The summed E-state index contributed by atoms with van der Waals surface area (Å²) in [5, 5.41) is 1.68. The second-order valence-corrected chi connectivity index (χ2v) is 1.48. The van der Waals surface area contributed by atoms with E-state index in [2.05, 4.69) is 6.92 Å². The zero-order valence-corrected chi connectivity index (χ0v) is 5.66. The Balaban J connectivity index is 0. The largest absolute Gasteiger partial charge is 0.269 e. The molecule has 2 N–H and O–H groups in total. The van der Waals surface area contributed by atoms with Crippen molar-refractivity contribution in [1.82, 2.24) is 5.01 Å². The van der Waals surface area contributed by atoms with Crippen LogP contribution < -0.4 is 5.84 Å². The highest BCUT2D eigenvalue weighted by molar-refractivity contribution is 5.85. The molecule has 3 heteroatoms. The van der Waals surface area contributed by atoms with Gasteiger partial charge in [-0.25, -0.2) is 0 Å². The van der Waals surface area contributed by atoms with Gasteiger partial charge in [-0.05, 0) is 6.42 Å². The Morgan fingerprint density at radius 1 is 1.57 bits per heavy atom. The van der Waals surface area contributed by atoms with Crippen molar-refractivity contribution in [2.45, 2.75) is 13.3 Å². The summed E-state index contributed by atoms with van der Waals surface area (Å²) in [6.45, 7) is 3.09. The number of hydrogen-bond donors (Lipinski definition) is 1. The summed E-state index contributed by atoms with van der Waals surface area (Å²) in [6.07, 6.45) is 1.13. The van der Waals surface area contributed by atoms with Crippen LogP contribution in [-0.4, -0.2) is 18.6 Å². The molecule has 0 rings (SSSR count). The second-order valence-electron chi connectivity index (χ2n) is 1.48. The zero-order chi connectivity index (χ0) is 4.99. The molecule has 0 atom stereocenters. The molecule has 7 heavy (non-hydrogen) atoms. The first-order valence-corrected chi connectivity index (χ1v) is 2.23. The van der Waals surface area contributed by atoms with Crippen LogP contribution in [0.1, 0.15) is 13.3 Å². The van der Waals surface area contributed by atoms with Crippen molar-refractivity contribution in [2.75, 3.05) is 13.6 Å². The summed E-state index contributed by atoms with van der Waals surface area (Å²) in [7, 11) is 1.86. The monoisotopic (exact) mass is 124 g/mol. The molecular weight excluding hydrogens is 112 g/mol. The van der Waals surface area contributed by atoms with Crippen LogP contribution in [0.4, 0.5) is 0 Å². The molecule has 0 aliphatic heterocycles. The lowest BCUT2D eigenvalue weighted by molar-refractivity contribution is 0.350. The number of halogens is 1. The molecule has 0 aromatic carbocycles. The lowest BCUT2D eigenvalue weighted by atomic mass is 10.5. The van der Waals surface area contributed by atoms with Gasteiger partial charge in [-0.2, -0.15) is 0 Å². The van der Waals surface area contributed by atoms with Crippen LogP contribution in [0.2, 0.25) is 0 Å². The maximum Gasteiger partial charge on any atom is 0.0122 e. The summed E-state index contributed by atoms with van der Waals surface area (Å²) < 4.78 is 0. The van der Waals surface area contributed by atoms with Gasteiger partial charge in [-0.15, -0.1) is 12.4 Å². The van der Waals surface area contributed by atoms with Crippen molar-refractivity contribution in [3.8, 4) is 0 Å². The van der Waals surface area contributed by atoms with E-state index in [0.29, 0.717) is 0 Å². The molecule has 0 amide bonds. The Hall–Kier alpha value is 0.210. The van der Waals surface area contributed by atoms with Crippen molar-refractivity contribution in [3.63, 3.8) is 0 Å². The Morgan fingerprint density at radius 2 is 2.00 bits per heavy atom. The van der Waals surface area contributed by atoms with Crippen molar-refractivity contribution >= 4 is 12.4 Å². The third-order valence-corrected chi connectivity index (χ3v) is 0.576. The van der Waals surface area contributed by atoms with E-state index in [-0.39, 0.29) is 12.4 Å². The Morgan fingerprint density at radius 3 is 2.00 bits per heavy atom. The van der Waals surface area contributed by atoms with Gasteiger partial charge in [0.25, 0.3) is 0 Å². The van der Waals surface area contributed by atoms with E-state index in [1.807, 2.05) is 7.05 Å². The van der Waals surface area contributed by atoms with E-state index in [9.17, 15) is 0 Å². The minimum Gasteiger partial charge on any atom is -0.269 e. The molecule has 0 radical (unpaired) electrons. The van der Waals surface area contributed by atoms with Crippen molar-refractivity contribution in [2.24, 2.45) is 5.84 Å². The maximum absolute atomic E-state index is 5.24. The Bertz CT molecular complexity index is 30.9. The Labute approximate surface area is 51.1 Å². The van der Waals surface area contributed by atoms with Gasteiger partial charge < -0.3 is 0 Å². The summed E-state index contributed by atoms with van der Waals surface area (Å²) in [5.41, 5.74) is 0. The summed E-state index contributed by atoms with van der Waals surface area (Å²) >= 11 is 0. The number of hydrogen-bond acceptors (Lipinski definition) is 2. The van der Waals surface area contributed by atoms with E-state index in [0.717, 1.165) is 13.0 Å². The fourth-order valence-electron chi connectivity index (χ4n) is 0.353. The van der Waals surface area contributed by atoms with Crippen molar-refractivity contribution in [3.05, 3.63) is 0 Å². The molecule has 46 valence electrons. The molecule has 0 fully saturated rings. The van der Waals surface area contributed by atoms with Gasteiger partial charge in [0.05, 0.1) is 0 Å². The average Bonchev–Trinajstić information content (AvgIpc) is 1.35. The number of rotatable bonds is 2. The molecular formula is C4H13ClN2. The molecule has 0 heterocycles. The van der Waals surface area contributed by atoms with Crippen molar-refractivity contribution in [1.29, 1.82) is 0 Å². The van der Waals surface area contributed by atoms with Gasteiger partial charge in [-0.1, -0.05) is 6.92 Å². The number of nitrogens with two attached hydrogens (primary N) is 1. The first-order valence-electron chi connectivity index (χ1n) is 2.23. The molecule has 0 saturated heterocycles. The van der Waals surface area contributed by atoms with Crippen LogP contribution in [0.15, 0.2) is 0 Å². The average molecular weight is 125 g/mol. The molecule has 0 aromatic heterocycles. The molecule has 0 spiro atoms. The summed E-state index contributed by atoms with van der Waals surface area (Å²) in [4.78, 5) is 0. The Kier molecular flexibility index (Phi) is 9.09. The van der Waals surface area contributed by atoms with E-state index >= 15 is 0 Å². The van der Waals surface area contributed by atoms with Gasteiger partial charge in [-0.3, -0.25) is 10.9 Å². The molecule has 0 unspecified atom stereocenters. The van der Waals surface area contributed by atoms with Crippen LogP contribution in [0, 0.1) is 0 Å². The quantitative estimate of drug-likeness (QED) is 0.432. The third kappa shape index (κ3) is 10.7. The second kappa shape index (κ2) is 6.21. The fraction of sp³-hybridized carbons (Fsp3) is 1.00. The standard InChI is InChI=1S/C4H12N2.ClH/c1-3-4-6(2)5;/h3-5H2,1-2H3;1H. The summed E-state index contributed by atoms with van der Waals surface area (Å²) in [5.74, 6) is 5.24. The SMILES string of the molecule is CCCN(C)N.Cl. The third-order valence-electron chi connectivity index (χ3n) is 0.576. The van der Waals surface area contributed by atoms with E-state index < -0.39 is 0 Å². The molecule has 2 nitrogen and oxygen atoms in total. The van der Waals surface area contributed by atoms with Crippen LogP contribution in [0.3, 0.4) is 0 Å². The number of nitrogens with zero attached hydrogens (tertiary/aromatic N) is 1. The molecule has 0 aromatic rings. The van der Waals surface area contributed by atoms with Crippen LogP contribution in [-0.2, 0) is 0 Å². The van der Waals surface area contributed by atoms with E-state index in [1.165, 1.54) is 0 Å². The highest BCUT2D eigenvalue weighted by Crippen LogP contribution is 1.72. The lowest BCUT2D eigenvalue weighted by Gasteiger charge is -2.03. The fourth-order valence-corrected chi connectivity index (χ4v) is 0.353. The predicted octanol–water partition coefficient (Wildman–Crippen LogP) is 0.624. The smallest absolute Gasteiger partial charge is 0.0122 e.